The van der Waals surface area contributed by atoms with E-state index in [-0.39, 0.29) is 0 Å². The second kappa shape index (κ2) is 3.46. The zero-order valence-corrected chi connectivity index (χ0v) is 8.80. The number of hydrogen-bond acceptors (Lipinski definition) is 2. The monoisotopic (exact) mass is 207 g/mol. The molecule has 72 valence electrons. The maximum Gasteiger partial charge on any atom is 0.130 e. The minimum absolute atomic E-state index is 0.673. The molecule has 0 aliphatic carbocycles. The average Bonchev–Trinajstić information content (AvgIpc) is 2.16. The predicted octanol–water partition coefficient (Wildman–Crippen LogP) is 3.21. The highest BCUT2D eigenvalue weighted by atomic mass is 35.5. The fourth-order valence-electron chi connectivity index (χ4n) is 1.50. The Balaban J connectivity index is 2.88. The molecule has 0 saturated heterocycles. The number of pyridine rings is 1. The quantitative estimate of drug-likeness (QED) is 0.717. The molecule has 0 saturated carbocycles. The molecule has 14 heavy (non-hydrogen) atoms. The van der Waals surface area contributed by atoms with Crippen molar-refractivity contribution < 1.29 is 4.74 Å². The van der Waals surface area contributed by atoms with Crippen LogP contribution in [-0.4, -0.2) is 12.1 Å². The van der Waals surface area contributed by atoms with Gasteiger partial charge in [-0.05, 0) is 30.7 Å². The molecule has 0 aliphatic rings. The Morgan fingerprint density at radius 1 is 1.36 bits per heavy atom. The Morgan fingerprint density at radius 2 is 2.14 bits per heavy atom. The minimum Gasteiger partial charge on any atom is -0.496 e. The topological polar surface area (TPSA) is 22.1 Å². The molecule has 0 bridgehead atoms. The van der Waals surface area contributed by atoms with Crippen LogP contribution in [0.3, 0.4) is 0 Å². The van der Waals surface area contributed by atoms with Gasteiger partial charge in [-0.3, -0.25) is 4.98 Å². The Bertz CT molecular complexity index is 482. The predicted molar refractivity (Wildman–Crippen MR) is 58.0 cm³/mol. The highest BCUT2D eigenvalue weighted by Crippen LogP contribution is 2.31. The molecular formula is C11H10ClNO. The van der Waals surface area contributed by atoms with Gasteiger partial charge in [-0.15, -0.1) is 0 Å². The number of methoxy groups -OCH3 is 1. The lowest BCUT2D eigenvalue weighted by Crippen LogP contribution is -1.89. The lowest BCUT2D eigenvalue weighted by Gasteiger charge is -2.07. The molecule has 0 atom stereocenters. The van der Waals surface area contributed by atoms with Crippen LogP contribution in [0.25, 0.3) is 10.9 Å². The fourth-order valence-corrected chi connectivity index (χ4v) is 1.75. The van der Waals surface area contributed by atoms with Gasteiger partial charge in [0.1, 0.15) is 5.75 Å². The normalized spacial score (nSPS) is 10.5. The van der Waals surface area contributed by atoms with Crippen molar-refractivity contribution in [1.82, 2.24) is 4.98 Å². The summed E-state index contributed by atoms with van der Waals surface area (Å²) in [5, 5.41) is 1.55. The van der Waals surface area contributed by atoms with Crippen LogP contribution in [0.2, 0.25) is 5.02 Å². The minimum atomic E-state index is 0.673. The summed E-state index contributed by atoms with van der Waals surface area (Å²) in [5.74, 6) is 0.776. The molecule has 0 fully saturated rings. The van der Waals surface area contributed by atoms with Gasteiger partial charge in [0.2, 0.25) is 0 Å². The summed E-state index contributed by atoms with van der Waals surface area (Å²) >= 11 is 6.07. The van der Waals surface area contributed by atoms with Crippen LogP contribution < -0.4 is 4.74 Å². The van der Waals surface area contributed by atoms with Crippen molar-refractivity contribution >= 4 is 22.5 Å². The smallest absolute Gasteiger partial charge is 0.130 e. The van der Waals surface area contributed by atoms with Crippen molar-refractivity contribution in [2.75, 3.05) is 7.11 Å². The van der Waals surface area contributed by atoms with Crippen LogP contribution in [0.5, 0.6) is 5.75 Å². The third-order valence-corrected chi connectivity index (χ3v) is 2.43. The van der Waals surface area contributed by atoms with Crippen molar-refractivity contribution in [2.24, 2.45) is 0 Å². The molecule has 1 aromatic carbocycles. The molecule has 1 heterocycles. The first kappa shape index (κ1) is 9.28. The largest absolute Gasteiger partial charge is 0.496 e. The lowest BCUT2D eigenvalue weighted by atomic mass is 10.1. The molecule has 2 aromatic rings. The van der Waals surface area contributed by atoms with Gasteiger partial charge in [0.15, 0.2) is 0 Å². The number of fused-ring (bicyclic) bond motifs is 1. The van der Waals surface area contributed by atoms with Crippen LogP contribution >= 0.6 is 11.6 Å². The van der Waals surface area contributed by atoms with E-state index in [2.05, 4.69) is 4.98 Å². The molecule has 0 aliphatic heterocycles. The third kappa shape index (κ3) is 1.42. The van der Waals surface area contributed by atoms with Gasteiger partial charge in [0.25, 0.3) is 0 Å². The van der Waals surface area contributed by atoms with Gasteiger partial charge in [0.05, 0.1) is 23.0 Å². The summed E-state index contributed by atoms with van der Waals surface area (Å²) in [4.78, 5) is 4.25. The highest BCUT2D eigenvalue weighted by molar-refractivity contribution is 6.35. The van der Waals surface area contributed by atoms with E-state index in [1.807, 2.05) is 19.1 Å². The van der Waals surface area contributed by atoms with E-state index in [9.17, 15) is 0 Å². The molecule has 0 N–H and O–H groups in total. The van der Waals surface area contributed by atoms with E-state index in [1.165, 1.54) is 0 Å². The molecule has 2 rings (SSSR count). The van der Waals surface area contributed by atoms with Gasteiger partial charge < -0.3 is 4.74 Å². The Morgan fingerprint density at radius 3 is 2.86 bits per heavy atom. The molecule has 2 nitrogen and oxygen atoms in total. The number of benzene rings is 1. The van der Waals surface area contributed by atoms with Gasteiger partial charge >= 0.3 is 0 Å². The van der Waals surface area contributed by atoms with Gasteiger partial charge in [-0.1, -0.05) is 11.6 Å². The van der Waals surface area contributed by atoms with E-state index in [0.29, 0.717) is 5.02 Å². The molecule has 0 radical (unpaired) electrons. The number of halogens is 1. The second-order valence-corrected chi connectivity index (χ2v) is 3.56. The van der Waals surface area contributed by atoms with E-state index >= 15 is 0 Å². The molecule has 0 amide bonds. The SMILES string of the molecule is COc1cc(C)cc2nccc(Cl)c12. The molecule has 0 unspecified atom stereocenters. The van der Waals surface area contributed by atoms with Gasteiger partial charge in [-0.25, -0.2) is 0 Å². The van der Waals surface area contributed by atoms with Gasteiger partial charge in [-0.2, -0.15) is 0 Å². The maximum absolute atomic E-state index is 6.07. The van der Waals surface area contributed by atoms with E-state index in [4.69, 9.17) is 16.3 Å². The Hall–Kier alpha value is -1.28. The third-order valence-electron chi connectivity index (χ3n) is 2.12. The van der Waals surface area contributed by atoms with Crippen LogP contribution in [-0.2, 0) is 0 Å². The number of rotatable bonds is 1. The zero-order valence-electron chi connectivity index (χ0n) is 8.04. The number of ether oxygens (including phenoxy) is 1. The Labute approximate surface area is 87.5 Å². The molecule has 0 spiro atoms. The molecule has 3 heteroatoms. The second-order valence-electron chi connectivity index (χ2n) is 3.15. The van der Waals surface area contributed by atoms with Crippen LogP contribution in [0.15, 0.2) is 24.4 Å². The Kier molecular flexibility index (Phi) is 2.30. The van der Waals surface area contributed by atoms with E-state index < -0.39 is 0 Å². The fraction of sp³-hybridized carbons (Fsp3) is 0.182. The first-order chi connectivity index (χ1) is 6.72. The van der Waals surface area contributed by atoms with Crippen LogP contribution in [0, 0.1) is 6.92 Å². The van der Waals surface area contributed by atoms with Gasteiger partial charge in [0, 0.05) is 6.20 Å². The van der Waals surface area contributed by atoms with Crippen LogP contribution in [0.4, 0.5) is 0 Å². The summed E-state index contributed by atoms with van der Waals surface area (Å²) in [5.41, 5.74) is 1.98. The number of nitrogens with zero attached hydrogens (tertiary/aromatic N) is 1. The van der Waals surface area contributed by atoms with Crippen molar-refractivity contribution in [1.29, 1.82) is 0 Å². The molecule has 1 aromatic heterocycles. The van der Waals surface area contributed by atoms with Crippen molar-refractivity contribution in [3.8, 4) is 5.75 Å². The summed E-state index contributed by atoms with van der Waals surface area (Å²) in [7, 11) is 1.64. The number of aromatic nitrogens is 1. The maximum atomic E-state index is 6.07. The average molecular weight is 208 g/mol. The van der Waals surface area contributed by atoms with E-state index in [1.54, 1.807) is 19.4 Å². The highest BCUT2D eigenvalue weighted by Gasteiger charge is 2.06. The first-order valence-electron chi connectivity index (χ1n) is 4.31. The van der Waals surface area contributed by atoms with Crippen molar-refractivity contribution in [2.45, 2.75) is 6.92 Å². The summed E-state index contributed by atoms with van der Waals surface area (Å²) < 4.78 is 5.26. The van der Waals surface area contributed by atoms with E-state index in [0.717, 1.165) is 22.2 Å². The first-order valence-corrected chi connectivity index (χ1v) is 4.69. The van der Waals surface area contributed by atoms with Crippen molar-refractivity contribution in [3.63, 3.8) is 0 Å². The number of hydrogen-bond donors (Lipinski definition) is 0. The van der Waals surface area contributed by atoms with Crippen LogP contribution in [0.1, 0.15) is 5.56 Å². The molecular weight excluding hydrogens is 198 g/mol. The van der Waals surface area contributed by atoms with Crippen molar-refractivity contribution in [3.05, 3.63) is 35.0 Å². The lowest BCUT2D eigenvalue weighted by molar-refractivity contribution is 0.419. The summed E-state index contributed by atoms with van der Waals surface area (Å²) in [6.07, 6.45) is 1.70. The standard InChI is InChI=1S/C11H10ClNO/c1-7-5-9-11(10(6-7)14-2)8(12)3-4-13-9/h3-6H,1-2H3. The summed E-state index contributed by atoms with van der Waals surface area (Å²) in [6, 6.07) is 5.71. The summed E-state index contributed by atoms with van der Waals surface area (Å²) in [6.45, 7) is 2.00. The zero-order chi connectivity index (χ0) is 10.1. The number of aryl methyl sites for hydroxylation is 1.